The first kappa shape index (κ1) is 16.5. The second-order valence-electron chi connectivity index (χ2n) is 7.40. The molecule has 1 saturated heterocycles. The molecular formula is C19H24N2O4. The number of aliphatic hydroxyl groups excluding tert-OH is 1. The molecule has 2 amide bonds. The van der Waals surface area contributed by atoms with Gasteiger partial charge in [0.15, 0.2) is 0 Å². The summed E-state index contributed by atoms with van der Waals surface area (Å²) in [4.78, 5) is 24.3. The van der Waals surface area contributed by atoms with E-state index in [0.29, 0.717) is 31.6 Å². The first-order valence-corrected chi connectivity index (χ1v) is 9.08. The van der Waals surface area contributed by atoms with Gasteiger partial charge in [0.25, 0.3) is 5.91 Å². The van der Waals surface area contributed by atoms with Gasteiger partial charge in [-0.15, -0.1) is 0 Å². The van der Waals surface area contributed by atoms with Crippen LogP contribution in [0.25, 0.3) is 0 Å². The minimum absolute atomic E-state index is 0.00240. The molecule has 134 valence electrons. The predicted octanol–water partition coefficient (Wildman–Crippen LogP) is 1.62. The number of amides is 2. The number of anilines is 1. The number of carbonyl (C=O) groups is 2. The van der Waals surface area contributed by atoms with Crippen molar-refractivity contribution in [2.75, 3.05) is 18.5 Å². The van der Waals surface area contributed by atoms with Gasteiger partial charge in [-0.1, -0.05) is 0 Å². The average molecular weight is 344 g/mol. The molecule has 0 radical (unpaired) electrons. The van der Waals surface area contributed by atoms with Crippen molar-refractivity contribution in [2.45, 2.75) is 50.7 Å². The molecule has 1 spiro atoms. The lowest BCUT2D eigenvalue weighted by atomic mass is 9.58. The summed E-state index contributed by atoms with van der Waals surface area (Å²) in [5, 5.41) is 16.2. The summed E-state index contributed by atoms with van der Waals surface area (Å²) in [5.74, 6) is -0.0815. The fraction of sp³-hybridized carbons (Fsp3) is 0.579. The van der Waals surface area contributed by atoms with Crippen molar-refractivity contribution in [3.8, 4) is 0 Å². The van der Waals surface area contributed by atoms with Gasteiger partial charge in [0.05, 0.1) is 6.10 Å². The monoisotopic (exact) mass is 344 g/mol. The molecule has 1 aromatic carbocycles. The van der Waals surface area contributed by atoms with Gasteiger partial charge in [-0.2, -0.15) is 0 Å². The molecule has 3 aliphatic rings. The summed E-state index contributed by atoms with van der Waals surface area (Å²) in [6.45, 7) is 1.28. The number of benzene rings is 1. The van der Waals surface area contributed by atoms with Crippen LogP contribution in [0, 0.1) is 5.41 Å². The molecule has 0 unspecified atom stereocenters. The Kier molecular flexibility index (Phi) is 4.25. The zero-order valence-corrected chi connectivity index (χ0v) is 14.2. The Morgan fingerprint density at radius 3 is 2.84 bits per heavy atom. The van der Waals surface area contributed by atoms with Crippen LogP contribution in [0.1, 0.15) is 48.0 Å². The molecule has 2 heterocycles. The summed E-state index contributed by atoms with van der Waals surface area (Å²) in [7, 11) is 0. The Morgan fingerprint density at radius 2 is 2.08 bits per heavy atom. The molecule has 1 aliphatic carbocycles. The Labute approximate surface area is 146 Å². The lowest BCUT2D eigenvalue weighted by molar-refractivity contribution is -0.145. The molecule has 0 bridgehead atoms. The summed E-state index contributed by atoms with van der Waals surface area (Å²) >= 11 is 0. The highest BCUT2D eigenvalue weighted by atomic mass is 16.5. The fourth-order valence-corrected chi connectivity index (χ4v) is 4.36. The third kappa shape index (κ3) is 2.93. The van der Waals surface area contributed by atoms with Crippen molar-refractivity contribution in [3.63, 3.8) is 0 Å². The largest absolute Gasteiger partial charge is 0.392 e. The highest BCUT2D eigenvalue weighted by Crippen LogP contribution is 2.49. The highest BCUT2D eigenvalue weighted by molar-refractivity contribution is 5.97. The van der Waals surface area contributed by atoms with E-state index in [0.717, 1.165) is 36.9 Å². The minimum atomic E-state index is -0.357. The maximum absolute atomic E-state index is 12.7. The highest BCUT2D eigenvalue weighted by Gasteiger charge is 2.55. The Bertz CT molecular complexity index is 697. The van der Waals surface area contributed by atoms with Crippen LogP contribution < -0.4 is 10.6 Å². The molecule has 3 N–H and O–H groups in total. The van der Waals surface area contributed by atoms with E-state index in [-0.39, 0.29) is 29.4 Å². The number of aliphatic hydroxyl groups is 1. The number of hydrogen-bond acceptors (Lipinski definition) is 4. The number of ether oxygens (including phenoxy) is 1. The topological polar surface area (TPSA) is 87.7 Å². The van der Waals surface area contributed by atoms with Crippen LogP contribution in [0.3, 0.4) is 0 Å². The molecule has 25 heavy (non-hydrogen) atoms. The maximum atomic E-state index is 12.7. The molecule has 6 heteroatoms. The molecular weight excluding hydrogens is 320 g/mol. The van der Waals surface area contributed by atoms with Crippen LogP contribution in [0.5, 0.6) is 0 Å². The zero-order valence-electron chi connectivity index (χ0n) is 14.2. The summed E-state index contributed by atoms with van der Waals surface area (Å²) in [5.41, 5.74) is 2.19. The van der Waals surface area contributed by atoms with Gasteiger partial charge in [-0.3, -0.25) is 9.59 Å². The number of nitrogens with one attached hydrogen (secondary N) is 2. The third-order valence-corrected chi connectivity index (χ3v) is 6.04. The SMILES string of the molecule is O=C1CCCc2cc(C(=O)N[C@@H]3C[C@@H](O)C34CCOCC4)ccc2N1. The van der Waals surface area contributed by atoms with Crippen molar-refractivity contribution < 1.29 is 19.4 Å². The quantitative estimate of drug-likeness (QED) is 0.761. The number of fused-ring (bicyclic) bond motifs is 1. The lowest BCUT2D eigenvalue weighted by Crippen LogP contribution is -2.65. The predicted molar refractivity (Wildman–Crippen MR) is 92.4 cm³/mol. The average Bonchev–Trinajstić information content (AvgIpc) is 2.82. The number of rotatable bonds is 2. The van der Waals surface area contributed by atoms with E-state index in [1.54, 1.807) is 6.07 Å². The second kappa shape index (κ2) is 6.42. The molecule has 0 aromatic heterocycles. The maximum Gasteiger partial charge on any atom is 0.251 e. The molecule has 2 fully saturated rings. The number of aryl methyl sites for hydroxylation is 1. The fourth-order valence-electron chi connectivity index (χ4n) is 4.36. The van der Waals surface area contributed by atoms with Crippen molar-refractivity contribution >= 4 is 17.5 Å². The van der Waals surface area contributed by atoms with E-state index in [2.05, 4.69) is 10.6 Å². The van der Waals surface area contributed by atoms with E-state index in [4.69, 9.17) is 4.74 Å². The Morgan fingerprint density at radius 1 is 1.28 bits per heavy atom. The number of carbonyl (C=O) groups excluding carboxylic acids is 2. The molecule has 2 aliphatic heterocycles. The normalized spacial score (nSPS) is 27.6. The van der Waals surface area contributed by atoms with Gasteiger partial charge >= 0.3 is 0 Å². The standard InChI is InChI=1S/C19H24N2O4/c22-16-11-15(19(16)6-8-25-9-7-19)21-18(24)13-4-5-14-12(10-13)2-1-3-17(23)20-14/h4-5,10,15-16,22H,1-3,6-9,11H2,(H,20,23)(H,21,24)/t15-,16-/m1/s1. The lowest BCUT2D eigenvalue weighted by Gasteiger charge is -2.55. The molecule has 4 rings (SSSR count). The van der Waals surface area contributed by atoms with Gasteiger partial charge in [-0.05, 0) is 55.9 Å². The Balaban J connectivity index is 1.48. The summed E-state index contributed by atoms with van der Waals surface area (Å²) in [6.07, 6.45) is 3.92. The van der Waals surface area contributed by atoms with Gasteiger partial charge in [0, 0.05) is 42.3 Å². The van der Waals surface area contributed by atoms with Gasteiger partial charge < -0.3 is 20.5 Å². The van der Waals surface area contributed by atoms with Crippen molar-refractivity contribution in [1.82, 2.24) is 5.32 Å². The molecule has 6 nitrogen and oxygen atoms in total. The van der Waals surface area contributed by atoms with Crippen molar-refractivity contribution in [3.05, 3.63) is 29.3 Å². The minimum Gasteiger partial charge on any atom is -0.392 e. The Hall–Kier alpha value is -1.92. The van der Waals surface area contributed by atoms with E-state index >= 15 is 0 Å². The zero-order chi connectivity index (χ0) is 17.4. The smallest absolute Gasteiger partial charge is 0.251 e. The van der Waals surface area contributed by atoms with E-state index in [1.807, 2.05) is 12.1 Å². The molecule has 2 atom stereocenters. The third-order valence-electron chi connectivity index (χ3n) is 6.04. The first-order chi connectivity index (χ1) is 12.1. The van der Waals surface area contributed by atoms with E-state index in [9.17, 15) is 14.7 Å². The van der Waals surface area contributed by atoms with Gasteiger partial charge in [-0.25, -0.2) is 0 Å². The molecule has 1 saturated carbocycles. The number of hydrogen-bond donors (Lipinski definition) is 3. The van der Waals surface area contributed by atoms with Crippen molar-refractivity contribution in [1.29, 1.82) is 0 Å². The van der Waals surface area contributed by atoms with Gasteiger partial charge in [0.2, 0.25) is 5.91 Å². The van der Waals surface area contributed by atoms with Crippen LogP contribution >= 0.6 is 0 Å². The van der Waals surface area contributed by atoms with Gasteiger partial charge in [0.1, 0.15) is 0 Å². The summed E-state index contributed by atoms with van der Waals surface area (Å²) < 4.78 is 5.41. The van der Waals surface area contributed by atoms with Crippen LogP contribution in [0.2, 0.25) is 0 Å². The second-order valence-corrected chi connectivity index (χ2v) is 7.40. The first-order valence-electron chi connectivity index (χ1n) is 9.08. The van der Waals surface area contributed by atoms with Crippen LogP contribution in [-0.2, 0) is 16.0 Å². The van der Waals surface area contributed by atoms with Crippen LogP contribution in [0.15, 0.2) is 18.2 Å². The molecule has 1 aromatic rings. The van der Waals surface area contributed by atoms with E-state index < -0.39 is 0 Å². The van der Waals surface area contributed by atoms with Crippen LogP contribution in [0.4, 0.5) is 5.69 Å². The van der Waals surface area contributed by atoms with Crippen molar-refractivity contribution in [2.24, 2.45) is 5.41 Å². The summed E-state index contributed by atoms with van der Waals surface area (Å²) in [6, 6.07) is 5.44. The van der Waals surface area contributed by atoms with E-state index in [1.165, 1.54) is 0 Å². The van der Waals surface area contributed by atoms with Crippen LogP contribution in [-0.4, -0.2) is 42.3 Å².